The Bertz CT molecular complexity index is 94.1. The number of rotatable bonds is 0. The molecular formula is C2H2N2O2. The SMILES string of the molecule is O=C1NNC1=O. The van der Waals surface area contributed by atoms with Crippen LogP contribution in [-0.2, 0) is 9.59 Å². The van der Waals surface area contributed by atoms with E-state index in [1.165, 1.54) is 0 Å². The minimum absolute atomic E-state index is 0.560. The summed E-state index contributed by atoms with van der Waals surface area (Å²) in [6.45, 7) is 0. The molecule has 1 saturated heterocycles. The zero-order chi connectivity index (χ0) is 4.57. The van der Waals surface area contributed by atoms with E-state index in [2.05, 4.69) is 0 Å². The van der Waals surface area contributed by atoms with Crippen molar-refractivity contribution in [2.24, 2.45) is 0 Å². The summed E-state index contributed by atoms with van der Waals surface area (Å²) < 4.78 is 0. The molecule has 1 aliphatic rings. The lowest BCUT2D eigenvalue weighted by Crippen LogP contribution is -2.60. The van der Waals surface area contributed by atoms with Crippen molar-refractivity contribution in [3.05, 3.63) is 0 Å². The standard InChI is InChI=1S/C2H2N2O2/c5-1-2(6)4-3-1/h(H,3,5)(H,4,6). The molecule has 0 aliphatic carbocycles. The maximum absolute atomic E-state index is 9.71. The van der Waals surface area contributed by atoms with E-state index in [4.69, 9.17) is 0 Å². The van der Waals surface area contributed by atoms with E-state index in [-0.39, 0.29) is 0 Å². The molecule has 1 rings (SSSR count). The Morgan fingerprint density at radius 2 is 1.33 bits per heavy atom. The first-order valence-corrected chi connectivity index (χ1v) is 1.41. The molecule has 0 aromatic heterocycles. The molecule has 4 heteroatoms. The highest BCUT2D eigenvalue weighted by molar-refractivity contribution is 6.40. The van der Waals surface area contributed by atoms with Crippen LogP contribution in [0.25, 0.3) is 0 Å². The number of hydrazine groups is 1. The van der Waals surface area contributed by atoms with Crippen molar-refractivity contribution in [2.75, 3.05) is 0 Å². The molecule has 0 aromatic rings. The summed E-state index contributed by atoms with van der Waals surface area (Å²) in [5.74, 6) is -1.12. The van der Waals surface area contributed by atoms with Gasteiger partial charge < -0.3 is 0 Å². The molecule has 0 spiro atoms. The van der Waals surface area contributed by atoms with E-state index < -0.39 is 11.8 Å². The second-order valence-electron chi connectivity index (χ2n) is 0.908. The first kappa shape index (κ1) is 3.14. The van der Waals surface area contributed by atoms with Crippen LogP contribution in [0.2, 0.25) is 0 Å². The summed E-state index contributed by atoms with van der Waals surface area (Å²) >= 11 is 0. The Balaban J connectivity index is 2.61. The van der Waals surface area contributed by atoms with E-state index in [0.717, 1.165) is 0 Å². The molecule has 0 atom stereocenters. The Hall–Kier alpha value is -1.06. The van der Waals surface area contributed by atoms with Crippen LogP contribution in [-0.4, -0.2) is 11.8 Å². The van der Waals surface area contributed by atoms with Crippen molar-refractivity contribution >= 4 is 11.8 Å². The van der Waals surface area contributed by atoms with Crippen LogP contribution < -0.4 is 10.9 Å². The minimum atomic E-state index is -0.560. The van der Waals surface area contributed by atoms with Crippen molar-refractivity contribution in [3.63, 3.8) is 0 Å². The summed E-state index contributed by atoms with van der Waals surface area (Å²) in [4.78, 5) is 19.4. The van der Waals surface area contributed by atoms with Gasteiger partial charge in [0.1, 0.15) is 0 Å². The first-order valence-electron chi connectivity index (χ1n) is 1.41. The quantitative estimate of drug-likeness (QED) is 0.340. The number of nitrogens with one attached hydrogen (secondary N) is 2. The molecule has 6 heavy (non-hydrogen) atoms. The fraction of sp³-hybridized carbons (Fsp3) is 0. The van der Waals surface area contributed by atoms with Crippen LogP contribution >= 0.6 is 0 Å². The lowest BCUT2D eigenvalue weighted by molar-refractivity contribution is -0.148. The summed E-state index contributed by atoms with van der Waals surface area (Å²) in [6.07, 6.45) is 0. The van der Waals surface area contributed by atoms with Gasteiger partial charge in [-0.3, -0.25) is 20.4 Å². The van der Waals surface area contributed by atoms with Crippen molar-refractivity contribution in [1.29, 1.82) is 0 Å². The van der Waals surface area contributed by atoms with E-state index in [0.29, 0.717) is 0 Å². The lowest BCUT2D eigenvalue weighted by atomic mass is 10.5. The third-order valence-electron chi connectivity index (χ3n) is 0.496. The van der Waals surface area contributed by atoms with Crippen molar-refractivity contribution in [1.82, 2.24) is 10.9 Å². The summed E-state index contributed by atoms with van der Waals surface area (Å²) in [7, 11) is 0. The van der Waals surface area contributed by atoms with Crippen LogP contribution in [0.3, 0.4) is 0 Å². The highest BCUT2D eigenvalue weighted by atomic mass is 16.2. The van der Waals surface area contributed by atoms with Gasteiger partial charge in [0, 0.05) is 0 Å². The molecule has 2 amide bonds. The third kappa shape index (κ3) is 0.176. The summed E-state index contributed by atoms with van der Waals surface area (Å²) in [5, 5.41) is 0. The fourth-order valence-electron chi connectivity index (χ4n) is 0.165. The maximum atomic E-state index is 9.71. The molecule has 0 bridgehead atoms. The second kappa shape index (κ2) is 0.707. The van der Waals surface area contributed by atoms with Crippen molar-refractivity contribution < 1.29 is 9.59 Å². The van der Waals surface area contributed by atoms with Crippen LogP contribution in [0.1, 0.15) is 0 Å². The van der Waals surface area contributed by atoms with Gasteiger partial charge in [-0.1, -0.05) is 0 Å². The van der Waals surface area contributed by atoms with Gasteiger partial charge in [0.2, 0.25) is 0 Å². The molecule has 4 nitrogen and oxygen atoms in total. The second-order valence-corrected chi connectivity index (χ2v) is 0.908. The van der Waals surface area contributed by atoms with Gasteiger partial charge in [0.05, 0.1) is 0 Å². The normalized spacial score (nSPS) is 18.0. The maximum Gasteiger partial charge on any atom is 0.329 e. The smallest absolute Gasteiger partial charge is 0.262 e. The zero-order valence-electron chi connectivity index (χ0n) is 2.82. The Morgan fingerprint density at radius 1 is 1.00 bits per heavy atom. The summed E-state index contributed by atoms with van der Waals surface area (Å²) in [5.41, 5.74) is 4.04. The molecular weight excluding hydrogens is 84.0 g/mol. The zero-order valence-corrected chi connectivity index (χ0v) is 2.82. The summed E-state index contributed by atoms with van der Waals surface area (Å²) in [6, 6.07) is 0. The molecule has 2 N–H and O–H groups in total. The lowest BCUT2D eigenvalue weighted by Gasteiger charge is -2.11. The first-order chi connectivity index (χ1) is 2.80. The molecule has 1 fully saturated rings. The number of hydrogen-bond donors (Lipinski definition) is 2. The Kier molecular flexibility index (Phi) is 0.370. The van der Waals surface area contributed by atoms with Gasteiger partial charge >= 0.3 is 11.8 Å². The molecule has 0 unspecified atom stereocenters. The Morgan fingerprint density at radius 3 is 1.33 bits per heavy atom. The predicted octanol–water partition coefficient (Wildman–Crippen LogP) is -1.85. The Labute approximate surface area is 33.5 Å². The van der Waals surface area contributed by atoms with E-state index >= 15 is 0 Å². The van der Waals surface area contributed by atoms with E-state index in [1.54, 1.807) is 0 Å². The topological polar surface area (TPSA) is 58.2 Å². The molecule has 1 aliphatic heterocycles. The van der Waals surface area contributed by atoms with Crippen LogP contribution in [0.4, 0.5) is 0 Å². The van der Waals surface area contributed by atoms with E-state index in [9.17, 15) is 9.59 Å². The van der Waals surface area contributed by atoms with Crippen molar-refractivity contribution in [3.8, 4) is 0 Å². The van der Waals surface area contributed by atoms with Crippen molar-refractivity contribution in [2.45, 2.75) is 0 Å². The van der Waals surface area contributed by atoms with Crippen LogP contribution in [0.5, 0.6) is 0 Å². The minimum Gasteiger partial charge on any atom is -0.262 e. The average Bonchev–Trinajstić information content (AvgIpc) is 1.61. The van der Waals surface area contributed by atoms with Crippen LogP contribution in [0, 0.1) is 0 Å². The molecule has 0 saturated carbocycles. The van der Waals surface area contributed by atoms with Gasteiger partial charge in [0.15, 0.2) is 0 Å². The molecule has 0 aromatic carbocycles. The van der Waals surface area contributed by atoms with E-state index in [1.807, 2.05) is 10.9 Å². The number of hydrogen-bond acceptors (Lipinski definition) is 2. The predicted molar refractivity (Wildman–Crippen MR) is 16.3 cm³/mol. The van der Waals surface area contributed by atoms with Crippen LogP contribution in [0.15, 0.2) is 0 Å². The van der Waals surface area contributed by atoms with Gasteiger partial charge in [-0.25, -0.2) is 0 Å². The van der Waals surface area contributed by atoms with Gasteiger partial charge in [-0.05, 0) is 0 Å². The molecule has 0 radical (unpaired) electrons. The third-order valence-corrected chi connectivity index (χ3v) is 0.496. The average molecular weight is 86.0 g/mol. The van der Waals surface area contributed by atoms with Gasteiger partial charge in [-0.15, -0.1) is 0 Å². The fourth-order valence-corrected chi connectivity index (χ4v) is 0.165. The number of amides is 2. The molecule has 1 heterocycles. The highest BCUT2D eigenvalue weighted by Crippen LogP contribution is 1.70. The van der Waals surface area contributed by atoms with Gasteiger partial charge in [-0.2, -0.15) is 0 Å². The molecule has 32 valence electrons. The largest absolute Gasteiger partial charge is 0.329 e. The monoisotopic (exact) mass is 86.0 g/mol. The number of carbonyl (C=O) groups is 2. The number of carbonyl (C=O) groups excluding carboxylic acids is 2. The highest BCUT2D eigenvalue weighted by Gasteiger charge is 2.21. The van der Waals surface area contributed by atoms with Gasteiger partial charge in [0.25, 0.3) is 0 Å².